The van der Waals surface area contributed by atoms with Crippen LogP contribution in [0.3, 0.4) is 0 Å². The van der Waals surface area contributed by atoms with Crippen LogP contribution in [0.2, 0.25) is 10.0 Å². The molecule has 0 atom stereocenters. The van der Waals surface area contributed by atoms with Crippen molar-refractivity contribution in [3.63, 3.8) is 0 Å². The minimum absolute atomic E-state index is 0.101. The second-order valence-corrected chi connectivity index (χ2v) is 4.05. The number of nitrogens with zero attached hydrogens (tertiary/aromatic N) is 1. The number of ketones is 1. The molecule has 0 amide bonds. The van der Waals surface area contributed by atoms with Gasteiger partial charge in [-0.2, -0.15) is 0 Å². The van der Waals surface area contributed by atoms with Crippen LogP contribution in [0, 0.1) is 5.82 Å². The molecular weight excluding hydrogens is 264 g/mol. The number of carbonyl (C=O) groups excluding carboxylic acids is 1. The van der Waals surface area contributed by atoms with Gasteiger partial charge in [0.05, 0.1) is 10.0 Å². The molecule has 0 saturated heterocycles. The quantitative estimate of drug-likeness (QED) is 0.778. The van der Waals surface area contributed by atoms with Gasteiger partial charge in [-0.1, -0.05) is 29.3 Å². The normalized spacial score (nSPS) is 10.3. The highest BCUT2D eigenvalue weighted by molar-refractivity contribution is 6.44. The Bertz CT molecular complexity index is 586. The highest BCUT2D eigenvalue weighted by Crippen LogP contribution is 2.27. The summed E-state index contributed by atoms with van der Waals surface area (Å²) in [6.07, 6.45) is 1.34. The number of pyridine rings is 1. The van der Waals surface area contributed by atoms with Crippen molar-refractivity contribution >= 4 is 29.0 Å². The first kappa shape index (κ1) is 12.0. The summed E-state index contributed by atoms with van der Waals surface area (Å²) in [5.74, 6) is -1.27. The molecule has 1 heterocycles. The molecule has 0 fully saturated rings. The van der Waals surface area contributed by atoms with E-state index in [1.807, 2.05) is 0 Å². The highest BCUT2D eigenvalue weighted by Gasteiger charge is 2.18. The maximum atomic E-state index is 13.4. The van der Waals surface area contributed by atoms with Crippen LogP contribution in [0.25, 0.3) is 0 Å². The molecule has 0 radical (unpaired) electrons. The molecule has 0 aliphatic heterocycles. The van der Waals surface area contributed by atoms with Crippen molar-refractivity contribution in [3.05, 3.63) is 63.6 Å². The van der Waals surface area contributed by atoms with Gasteiger partial charge in [-0.3, -0.25) is 4.79 Å². The van der Waals surface area contributed by atoms with Crippen molar-refractivity contribution in [1.29, 1.82) is 0 Å². The SMILES string of the molecule is O=C(c1cccc(Cl)c1Cl)c1ncccc1F. The van der Waals surface area contributed by atoms with E-state index in [0.717, 1.165) is 0 Å². The standard InChI is InChI=1S/C12H6Cl2FNO/c13-8-4-1-3-7(10(8)14)12(17)11-9(15)5-2-6-16-11/h1-6H. The van der Waals surface area contributed by atoms with Crippen molar-refractivity contribution in [2.24, 2.45) is 0 Å². The molecule has 17 heavy (non-hydrogen) atoms. The van der Waals surface area contributed by atoms with E-state index < -0.39 is 11.6 Å². The van der Waals surface area contributed by atoms with E-state index in [1.54, 1.807) is 12.1 Å². The number of aromatic nitrogens is 1. The smallest absolute Gasteiger partial charge is 0.215 e. The zero-order valence-electron chi connectivity index (χ0n) is 8.45. The second kappa shape index (κ2) is 4.82. The lowest BCUT2D eigenvalue weighted by molar-refractivity contribution is 0.103. The summed E-state index contributed by atoms with van der Waals surface area (Å²) in [5.41, 5.74) is -0.131. The van der Waals surface area contributed by atoms with Gasteiger partial charge in [0.2, 0.25) is 5.78 Å². The lowest BCUT2D eigenvalue weighted by atomic mass is 10.1. The summed E-state index contributed by atoms with van der Waals surface area (Å²) in [6.45, 7) is 0. The van der Waals surface area contributed by atoms with Crippen LogP contribution in [0.1, 0.15) is 16.1 Å². The first-order valence-electron chi connectivity index (χ1n) is 4.70. The fraction of sp³-hybridized carbons (Fsp3) is 0. The molecule has 0 bridgehead atoms. The van der Waals surface area contributed by atoms with Crippen LogP contribution in [0.4, 0.5) is 4.39 Å². The maximum Gasteiger partial charge on any atom is 0.215 e. The van der Waals surface area contributed by atoms with E-state index in [9.17, 15) is 9.18 Å². The lowest BCUT2D eigenvalue weighted by Crippen LogP contribution is -2.07. The molecule has 0 unspecified atom stereocenters. The van der Waals surface area contributed by atoms with Crippen molar-refractivity contribution < 1.29 is 9.18 Å². The lowest BCUT2D eigenvalue weighted by Gasteiger charge is -2.04. The Balaban J connectivity index is 2.52. The predicted molar refractivity (Wildman–Crippen MR) is 64.1 cm³/mol. The second-order valence-electron chi connectivity index (χ2n) is 3.26. The van der Waals surface area contributed by atoms with E-state index in [-0.39, 0.29) is 21.3 Å². The van der Waals surface area contributed by atoms with Gasteiger partial charge in [-0.25, -0.2) is 9.37 Å². The van der Waals surface area contributed by atoms with Crippen molar-refractivity contribution in [2.75, 3.05) is 0 Å². The van der Waals surface area contributed by atoms with Crippen LogP contribution >= 0.6 is 23.2 Å². The Morgan fingerprint density at radius 2 is 1.94 bits per heavy atom. The van der Waals surface area contributed by atoms with E-state index in [1.165, 1.54) is 24.4 Å². The fourth-order valence-electron chi connectivity index (χ4n) is 1.36. The largest absolute Gasteiger partial charge is 0.287 e. The number of hydrogen-bond acceptors (Lipinski definition) is 2. The Labute approximate surface area is 107 Å². The Morgan fingerprint density at radius 1 is 1.18 bits per heavy atom. The van der Waals surface area contributed by atoms with E-state index in [4.69, 9.17) is 23.2 Å². The summed E-state index contributed by atoms with van der Waals surface area (Å²) in [7, 11) is 0. The molecule has 5 heteroatoms. The van der Waals surface area contributed by atoms with Gasteiger partial charge in [0.1, 0.15) is 5.69 Å². The molecule has 2 rings (SSSR count). The molecule has 86 valence electrons. The van der Waals surface area contributed by atoms with E-state index >= 15 is 0 Å². The van der Waals surface area contributed by atoms with Crippen molar-refractivity contribution in [1.82, 2.24) is 4.98 Å². The highest BCUT2D eigenvalue weighted by atomic mass is 35.5. The third-order valence-electron chi connectivity index (χ3n) is 2.17. The van der Waals surface area contributed by atoms with Gasteiger partial charge >= 0.3 is 0 Å². The Morgan fingerprint density at radius 3 is 2.65 bits per heavy atom. The molecule has 2 aromatic rings. The van der Waals surface area contributed by atoms with Gasteiger partial charge in [0.25, 0.3) is 0 Å². The summed E-state index contributed by atoms with van der Waals surface area (Å²) in [5, 5.41) is 0.345. The molecule has 1 aromatic carbocycles. The molecular formula is C12H6Cl2FNO. The summed E-state index contributed by atoms with van der Waals surface area (Å²) >= 11 is 11.7. The predicted octanol–water partition coefficient (Wildman–Crippen LogP) is 3.76. The third-order valence-corrected chi connectivity index (χ3v) is 2.99. The van der Waals surface area contributed by atoms with Crippen molar-refractivity contribution in [3.8, 4) is 0 Å². The van der Waals surface area contributed by atoms with Crippen LogP contribution < -0.4 is 0 Å². The summed E-state index contributed by atoms with van der Waals surface area (Å²) in [6, 6.07) is 7.17. The maximum absolute atomic E-state index is 13.4. The summed E-state index contributed by atoms with van der Waals surface area (Å²) in [4.78, 5) is 15.7. The van der Waals surface area contributed by atoms with Crippen LogP contribution in [0.5, 0.6) is 0 Å². The molecule has 0 spiro atoms. The topological polar surface area (TPSA) is 30.0 Å². The average molecular weight is 270 g/mol. The monoisotopic (exact) mass is 269 g/mol. The van der Waals surface area contributed by atoms with Gasteiger partial charge < -0.3 is 0 Å². The Hall–Kier alpha value is -1.45. The van der Waals surface area contributed by atoms with Crippen LogP contribution in [0.15, 0.2) is 36.5 Å². The molecule has 0 aliphatic carbocycles. The molecule has 2 nitrogen and oxygen atoms in total. The minimum atomic E-state index is -0.687. The molecule has 1 aromatic heterocycles. The van der Waals surface area contributed by atoms with Crippen LogP contribution in [-0.2, 0) is 0 Å². The number of benzene rings is 1. The zero-order valence-corrected chi connectivity index (χ0v) is 9.97. The molecule has 0 saturated carbocycles. The number of halogens is 3. The first-order chi connectivity index (χ1) is 8.11. The molecule has 0 aliphatic rings. The van der Waals surface area contributed by atoms with Gasteiger partial charge in [0, 0.05) is 11.8 Å². The average Bonchev–Trinajstić information content (AvgIpc) is 2.32. The fourth-order valence-corrected chi connectivity index (χ4v) is 1.75. The van der Waals surface area contributed by atoms with E-state index in [0.29, 0.717) is 0 Å². The number of rotatable bonds is 2. The number of hydrogen-bond donors (Lipinski definition) is 0. The van der Waals surface area contributed by atoms with Gasteiger partial charge in [0.15, 0.2) is 5.82 Å². The summed E-state index contributed by atoms with van der Waals surface area (Å²) < 4.78 is 13.4. The Kier molecular flexibility index (Phi) is 3.41. The van der Waals surface area contributed by atoms with E-state index in [2.05, 4.69) is 4.98 Å². The first-order valence-corrected chi connectivity index (χ1v) is 5.46. The van der Waals surface area contributed by atoms with Gasteiger partial charge in [-0.15, -0.1) is 0 Å². The van der Waals surface area contributed by atoms with Crippen LogP contribution in [-0.4, -0.2) is 10.8 Å². The minimum Gasteiger partial charge on any atom is -0.287 e. The van der Waals surface area contributed by atoms with Gasteiger partial charge in [-0.05, 0) is 24.3 Å². The molecule has 0 N–H and O–H groups in total. The van der Waals surface area contributed by atoms with Crippen molar-refractivity contribution in [2.45, 2.75) is 0 Å². The third kappa shape index (κ3) is 2.30. The number of carbonyl (C=O) groups is 1. The zero-order chi connectivity index (χ0) is 12.4.